The Morgan fingerprint density at radius 1 is 0.944 bits per heavy atom. The summed E-state index contributed by atoms with van der Waals surface area (Å²) in [4.78, 5) is 23.9. The highest BCUT2D eigenvalue weighted by atomic mass is 16.4. The molecule has 1 aromatic carbocycles. The molecule has 3 N–H and O–H groups in total. The highest BCUT2D eigenvalue weighted by molar-refractivity contribution is 5.95. The van der Waals surface area contributed by atoms with Crippen molar-refractivity contribution in [2.45, 2.75) is 0 Å². The predicted octanol–water partition coefficient (Wildman–Crippen LogP) is -0.188. The van der Waals surface area contributed by atoms with Gasteiger partial charge in [0.15, 0.2) is 0 Å². The van der Waals surface area contributed by atoms with Crippen LogP contribution in [0.1, 0.15) is 20.7 Å². The zero-order chi connectivity index (χ0) is 13.5. The lowest BCUT2D eigenvalue weighted by Crippen LogP contribution is -2.35. The number of aliphatic hydroxyl groups excluding tert-OH is 2. The molecule has 6 nitrogen and oxygen atoms in total. The molecular weight excluding hydrogens is 238 g/mol. The number of aliphatic hydroxyl groups is 2. The van der Waals surface area contributed by atoms with E-state index in [9.17, 15) is 9.59 Å². The third kappa shape index (κ3) is 3.54. The lowest BCUT2D eigenvalue weighted by molar-refractivity contribution is 0.0678. The van der Waals surface area contributed by atoms with E-state index in [1.54, 1.807) is 0 Å². The van der Waals surface area contributed by atoms with Crippen molar-refractivity contribution in [3.05, 3.63) is 35.4 Å². The minimum absolute atomic E-state index is 0.0995. The Morgan fingerprint density at radius 2 is 1.39 bits per heavy atom. The lowest BCUT2D eigenvalue weighted by atomic mass is 10.1. The van der Waals surface area contributed by atoms with Gasteiger partial charge in [-0.25, -0.2) is 4.79 Å². The second-order valence-corrected chi connectivity index (χ2v) is 3.62. The molecule has 0 heterocycles. The molecule has 0 atom stereocenters. The summed E-state index contributed by atoms with van der Waals surface area (Å²) >= 11 is 0. The first-order valence-corrected chi connectivity index (χ1v) is 5.44. The molecule has 6 heteroatoms. The number of benzene rings is 1. The lowest BCUT2D eigenvalue weighted by Gasteiger charge is -2.20. The fraction of sp³-hybridized carbons (Fsp3) is 0.333. The quantitative estimate of drug-likeness (QED) is 0.653. The molecule has 0 spiro atoms. The molecule has 0 saturated heterocycles. The highest BCUT2D eigenvalue weighted by Crippen LogP contribution is 2.07. The predicted molar refractivity (Wildman–Crippen MR) is 63.5 cm³/mol. The Kier molecular flexibility index (Phi) is 5.29. The van der Waals surface area contributed by atoms with Crippen molar-refractivity contribution >= 4 is 11.9 Å². The van der Waals surface area contributed by atoms with Crippen LogP contribution in [-0.4, -0.2) is 58.4 Å². The molecule has 0 aliphatic rings. The van der Waals surface area contributed by atoms with Gasteiger partial charge in [0.05, 0.1) is 18.8 Å². The third-order valence-corrected chi connectivity index (χ3v) is 2.41. The summed E-state index contributed by atoms with van der Waals surface area (Å²) in [5.41, 5.74) is 0.421. The standard InChI is InChI=1S/C12H15NO5/c14-7-5-13(6-8-15)11(16)9-1-3-10(4-2-9)12(17)18/h1-4,14-15H,5-8H2,(H,17,18). The first-order valence-electron chi connectivity index (χ1n) is 5.44. The fourth-order valence-electron chi connectivity index (χ4n) is 1.49. The van der Waals surface area contributed by atoms with Crippen molar-refractivity contribution in [3.8, 4) is 0 Å². The van der Waals surface area contributed by atoms with Gasteiger partial charge in [-0.3, -0.25) is 4.79 Å². The van der Waals surface area contributed by atoms with Crippen molar-refractivity contribution in [1.82, 2.24) is 4.90 Å². The number of rotatable bonds is 6. The first kappa shape index (κ1) is 14.1. The first-order chi connectivity index (χ1) is 8.60. The van der Waals surface area contributed by atoms with E-state index >= 15 is 0 Å². The minimum atomic E-state index is -1.06. The smallest absolute Gasteiger partial charge is 0.335 e. The second kappa shape index (κ2) is 6.73. The van der Waals surface area contributed by atoms with E-state index in [2.05, 4.69) is 0 Å². The van der Waals surface area contributed by atoms with Crippen molar-refractivity contribution in [3.63, 3.8) is 0 Å². The summed E-state index contributed by atoms with van der Waals surface area (Å²) in [6, 6.07) is 5.50. The Morgan fingerprint density at radius 3 is 1.78 bits per heavy atom. The van der Waals surface area contributed by atoms with Crippen LogP contribution >= 0.6 is 0 Å². The fourth-order valence-corrected chi connectivity index (χ4v) is 1.49. The molecule has 18 heavy (non-hydrogen) atoms. The van der Waals surface area contributed by atoms with Crippen LogP contribution in [0.25, 0.3) is 0 Å². The van der Waals surface area contributed by atoms with Gasteiger partial charge in [-0.2, -0.15) is 0 Å². The summed E-state index contributed by atoms with van der Waals surface area (Å²) in [6.07, 6.45) is 0. The van der Waals surface area contributed by atoms with Gasteiger partial charge < -0.3 is 20.2 Å². The van der Waals surface area contributed by atoms with E-state index in [1.807, 2.05) is 0 Å². The summed E-state index contributed by atoms with van der Waals surface area (Å²) in [5, 5.41) is 26.4. The molecule has 0 aliphatic carbocycles. The van der Waals surface area contributed by atoms with Crippen LogP contribution in [0.5, 0.6) is 0 Å². The Balaban J connectivity index is 2.84. The largest absolute Gasteiger partial charge is 0.478 e. The molecule has 98 valence electrons. The van der Waals surface area contributed by atoms with E-state index in [0.29, 0.717) is 5.56 Å². The molecule has 1 amide bonds. The maximum absolute atomic E-state index is 12.0. The monoisotopic (exact) mass is 253 g/mol. The number of nitrogens with zero attached hydrogens (tertiary/aromatic N) is 1. The van der Waals surface area contributed by atoms with Gasteiger partial charge in [0, 0.05) is 18.7 Å². The number of carbonyl (C=O) groups is 2. The highest BCUT2D eigenvalue weighted by Gasteiger charge is 2.15. The third-order valence-electron chi connectivity index (χ3n) is 2.41. The van der Waals surface area contributed by atoms with Gasteiger partial charge >= 0.3 is 5.97 Å². The Bertz CT molecular complexity index is 409. The topological polar surface area (TPSA) is 98.1 Å². The van der Waals surface area contributed by atoms with E-state index < -0.39 is 5.97 Å². The molecule has 0 radical (unpaired) electrons. The molecule has 1 rings (SSSR count). The van der Waals surface area contributed by atoms with Crippen LogP contribution in [0.15, 0.2) is 24.3 Å². The van der Waals surface area contributed by atoms with Crippen molar-refractivity contribution < 1.29 is 24.9 Å². The normalized spacial score (nSPS) is 10.1. The van der Waals surface area contributed by atoms with Gasteiger partial charge in [-0.1, -0.05) is 0 Å². The van der Waals surface area contributed by atoms with Crippen molar-refractivity contribution in [1.29, 1.82) is 0 Å². The van der Waals surface area contributed by atoms with Crippen LogP contribution in [0.2, 0.25) is 0 Å². The zero-order valence-corrected chi connectivity index (χ0v) is 9.74. The van der Waals surface area contributed by atoms with Crippen LogP contribution in [0.3, 0.4) is 0 Å². The summed E-state index contributed by atoms with van der Waals surface area (Å²) < 4.78 is 0. The van der Waals surface area contributed by atoms with Crippen molar-refractivity contribution in [2.24, 2.45) is 0 Å². The van der Waals surface area contributed by atoms with Gasteiger partial charge in [-0.15, -0.1) is 0 Å². The molecule has 0 fully saturated rings. The van der Waals surface area contributed by atoms with E-state index in [0.717, 1.165) is 0 Å². The Hall–Kier alpha value is -1.92. The molecular formula is C12H15NO5. The van der Waals surface area contributed by atoms with Gasteiger partial charge in [0.1, 0.15) is 0 Å². The average molecular weight is 253 g/mol. The van der Waals surface area contributed by atoms with E-state index in [1.165, 1.54) is 29.2 Å². The number of carboxylic acids is 1. The summed E-state index contributed by atoms with van der Waals surface area (Å²) in [5.74, 6) is -1.41. The molecule has 0 saturated carbocycles. The number of hydrogen-bond acceptors (Lipinski definition) is 4. The summed E-state index contributed by atoms with van der Waals surface area (Å²) in [6.45, 7) is -0.141. The second-order valence-electron chi connectivity index (χ2n) is 3.62. The number of carboxylic acid groups (broad SMARTS) is 1. The van der Waals surface area contributed by atoms with Crippen LogP contribution in [0, 0.1) is 0 Å². The van der Waals surface area contributed by atoms with Crippen LogP contribution < -0.4 is 0 Å². The van der Waals surface area contributed by atoms with Crippen LogP contribution in [0.4, 0.5) is 0 Å². The van der Waals surface area contributed by atoms with E-state index in [-0.39, 0.29) is 37.8 Å². The number of aromatic carboxylic acids is 1. The SMILES string of the molecule is O=C(O)c1ccc(C(=O)N(CCO)CCO)cc1. The molecule has 0 aromatic heterocycles. The van der Waals surface area contributed by atoms with E-state index in [4.69, 9.17) is 15.3 Å². The number of amides is 1. The molecule has 1 aromatic rings. The van der Waals surface area contributed by atoms with Crippen LogP contribution in [-0.2, 0) is 0 Å². The molecule has 0 bridgehead atoms. The average Bonchev–Trinajstić information content (AvgIpc) is 2.38. The maximum atomic E-state index is 12.0. The molecule has 0 aliphatic heterocycles. The molecule has 0 unspecified atom stereocenters. The van der Waals surface area contributed by atoms with Gasteiger partial charge in [-0.05, 0) is 24.3 Å². The number of hydrogen-bond donors (Lipinski definition) is 3. The number of carbonyl (C=O) groups excluding carboxylic acids is 1. The minimum Gasteiger partial charge on any atom is -0.478 e. The van der Waals surface area contributed by atoms with Gasteiger partial charge in [0.25, 0.3) is 5.91 Å². The maximum Gasteiger partial charge on any atom is 0.335 e. The zero-order valence-electron chi connectivity index (χ0n) is 9.74. The summed E-state index contributed by atoms with van der Waals surface area (Å²) in [7, 11) is 0. The van der Waals surface area contributed by atoms with Gasteiger partial charge in [0.2, 0.25) is 0 Å². The Labute approximate surface area is 104 Å². The van der Waals surface area contributed by atoms with Crippen molar-refractivity contribution in [2.75, 3.05) is 26.3 Å².